The van der Waals surface area contributed by atoms with Crippen molar-refractivity contribution in [2.45, 2.75) is 12.5 Å². The summed E-state index contributed by atoms with van der Waals surface area (Å²) in [6, 6.07) is 1.76. The molecule has 3 heterocycles. The summed E-state index contributed by atoms with van der Waals surface area (Å²) < 4.78 is 28.3. The van der Waals surface area contributed by atoms with Crippen molar-refractivity contribution in [1.29, 1.82) is 0 Å². The summed E-state index contributed by atoms with van der Waals surface area (Å²) in [6.45, 7) is 5.27. The third kappa shape index (κ3) is 5.02. The zero-order chi connectivity index (χ0) is 16.1. The molecule has 3 rings (SSSR count). The second kappa shape index (κ2) is 7.41. The minimum absolute atomic E-state index is 0.0592. The highest BCUT2D eigenvalue weighted by Gasteiger charge is 2.27. The molecule has 1 aromatic rings. The van der Waals surface area contributed by atoms with Crippen LogP contribution < -0.4 is 10.6 Å². The Labute approximate surface area is 136 Å². The molecule has 8 nitrogen and oxygen atoms in total. The van der Waals surface area contributed by atoms with Gasteiger partial charge in [-0.1, -0.05) is 0 Å². The van der Waals surface area contributed by atoms with Crippen LogP contribution in [0.5, 0.6) is 0 Å². The van der Waals surface area contributed by atoms with Crippen molar-refractivity contribution in [2.24, 2.45) is 0 Å². The SMILES string of the molecule is O=S1(=O)CCC(Nc2cc(NCCN3CCOCC3)ncn2)C1. The topological polar surface area (TPSA) is 96.5 Å². The van der Waals surface area contributed by atoms with Gasteiger partial charge in [-0.2, -0.15) is 0 Å². The van der Waals surface area contributed by atoms with E-state index in [1.165, 1.54) is 6.33 Å². The Bertz CT molecular complexity index is 619. The van der Waals surface area contributed by atoms with Gasteiger partial charge < -0.3 is 15.4 Å². The fourth-order valence-corrected chi connectivity index (χ4v) is 4.49. The summed E-state index contributed by atoms with van der Waals surface area (Å²) in [7, 11) is -2.89. The molecule has 2 aliphatic heterocycles. The lowest BCUT2D eigenvalue weighted by atomic mass is 10.2. The molecule has 0 saturated carbocycles. The van der Waals surface area contributed by atoms with Crippen LogP contribution in [-0.2, 0) is 14.6 Å². The molecule has 9 heteroatoms. The van der Waals surface area contributed by atoms with Gasteiger partial charge in [0.1, 0.15) is 18.0 Å². The molecule has 0 radical (unpaired) electrons. The lowest BCUT2D eigenvalue weighted by molar-refractivity contribution is 0.0398. The smallest absolute Gasteiger partial charge is 0.152 e. The van der Waals surface area contributed by atoms with Gasteiger partial charge in [-0.3, -0.25) is 4.90 Å². The van der Waals surface area contributed by atoms with Crippen LogP contribution in [0.3, 0.4) is 0 Å². The molecule has 0 bridgehead atoms. The molecule has 2 fully saturated rings. The fraction of sp³-hybridized carbons (Fsp3) is 0.714. The Morgan fingerprint density at radius 3 is 2.78 bits per heavy atom. The van der Waals surface area contributed by atoms with E-state index < -0.39 is 9.84 Å². The first kappa shape index (κ1) is 16.4. The van der Waals surface area contributed by atoms with Gasteiger partial charge in [-0.25, -0.2) is 18.4 Å². The van der Waals surface area contributed by atoms with Gasteiger partial charge in [0.25, 0.3) is 0 Å². The van der Waals surface area contributed by atoms with Crippen LogP contribution in [0, 0.1) is 0 Å². The molecular weight excluding hydrogens is 318 g/mol. The molecule has 2 N–H and O–H groups in total. The Kier molecular flexibility index (Phi) is 5.29. The number of morpholine rings is 1. The zero-order valence-corrected chi connectivity index (χ0v) is 13.9. The predicted molar refractivity (Wildman–Crippen MR) is 88.5 cm³/mol. The number of anilines is 2. The van der Waals surface area contributed by atoms with Crippen molar-refractivity contribution in [3.8, 4) is 0 Å². The highest BCUT2D eigenvalue weighted by Crippen LogP contribution is 2.17. The molecule has 0 amide bonds. The number of hydrogen-bond donors (Lipinski definition) is 2. The second-order valence-electron chi connectivity index (χ2n) is 5.91. The molecular formula is C14H23N5O3S. The highest BCUT2D eigenvalue weighted by molar-refractivity contribution is 7.91. The standard InChI is InChI=1S/C14H23N5O3S/c20-23(21)8-1-12(10-23)18-14-9-13(16-11-17-14)15-2-3-19-4-6-22-7-5-19/h9,11-12H,1-8,10H2,(H2,15,16,17,18). The Morgan fingerprint density at radius 1 is 1.26 bits per heavy atom. The number of sulfone groups is 1. The third-order valence-corrected chi connectivity index (χ3v) is 5.86. The number of rotatable bonds is 6. The first-order valence-electron chi connectivity index (χ1n) is 7.94. The first-order chi connectivity index (χ1) is 11.1. The maximum absolute atomic E-state index is 11.5. The molecule has 1 atom stereocenters. The Hall–Kier alpha value is -1.45. The van der Waals surface area contributed by atoms with Gasteiger partial charge >= 0.3 is 0 Å². The first-order valence-corrected chi connectivity index (χ1v) is 9.76. The molecule has 1 aromatic heterocycles. The van der Waals surface area contributed by atoms with E-state index in [-0.39, 0.29) is 17.5 Å². The van der Waals surface area contributed by atoms with Crippen LogP contribution in [0.15, 0.2) is 12.4 Å². The minimum Gasteiger partial charge on any atom is -0.379 e. The van der Waals surface area contributed by atoms with Crippen LogP contribution in [0.2, 0.25) is 0 Å². The number of aromatic nitrogens is 2. The van der Waals surface area contributed by atoms with Gasteiger partial charge in [-0.05, 0) is 6.42 Å². The summed E-state index contributed by atoms with van der Waals surface area (Å²) >= 11 is 0. The summed E-state index contributed by atoms with van der Waals surface area (Å²) in [4.78, 5) is 10.7. The lowest BCUT2D eigenvalue weighted by Gasteiger charge is -2.26. The molecule has 128 valence electrons. The number of nitrogens with one attached hydrogen (secondary N) is 2. The summed E-state index contributed by atoms with van der Waals surface area (Å²) in [5.41, 5.74) is 0. The van der Waals surface area contributed by atoms with Crippen LogP contribution in [0.1, 0.15) is 6.42 Å². The molecule has 2 saturated heterocycles. The van der Waals surface area contributed by atoms with Crippen LogP contribution >= 0.6 is 0 Å². The van der Waals surface area contributed by atoms with E-state index in [9.17, 15) is 8.42 Å². The molecule has 0 spiro atoms. The maximum Gasteiger partial charge on any atom is 0.152 e. The molecule has 0 aromatic carbocycles. The molecule has 0 aliphatic carbocycles. The van der Waals surface area contributed by atoms with Crippen molar-refractivity contribution >= 4 is 21.5 Å². The molecule has 23 heavy (non-hydrogen) atoms. The Balaban J connectivity index is 1.47. The largest absolute Gasteiger partial charge is 0.379 e. The average Bonchev–Trinajstić information content (AvgIpc) is 2.87. The number of nitrogens with zero attached hydrogens (tertiary/aromatic N) is 3. The van der Waals surface area contributed by atoms with Crippen LogP contribution in [-0.4, -0.2) is 80.2 Å². The van der Waals surface area contributed by atoms with Crippen molar-refractivity contribution in [3.05, 3.63) is 12.4 Å². The van der Waals surface area contributed by atoms with Gasteiger partial charge in [0.2, 0.25) is 0 Å². The minimum atomic E-state index is -2.89. The van der Waals surface area contributed by atoms with Crippen molar-refractivity contribution < 1.29 is 13.2 Å². The quantitative estimate of drug-likeness (QED) is 0.736. The van der Waals surface area contributed by atoms with Gasteiger partial charge in [0.05, 0.1) is 24.7 Å². The van der Waals surface area contributed by atoms with E-state index in [1.807, 2.05) is 6.07 Å². The number of hydrogen-bond acceptors (Lipinski definition) is 8. The van der Waals surface area contributed by atoms with E-state index in [2.05, 4.69) is 25.5 Å². The summed E-state index contributed by atoms with van der Waals surface area (Å²) in [5.74, 6) is 1.84. The highest BCUT2D eigenvalue weighted by atomic mass is 32.2. The van der Waals surface area contributed by atoms with E-state index in [0.29, 0.717) is 12.2 Å². The molecule has 2 aliphatic rings. The summed E-state index contributed by atoms with van der Waals surface area (Å²) in [6.07, 6.45) is 2.12. The van der Waals surface area contributed by atoms with Crippen molar-refractivity contribution in [2.75, 3.05) is 61.5 Å². The zero-order valence-electron chi connectivity index (χ0n) is 13.1. The molecule has 1 unspecified atom stereocenters. The van der Waals surface area contributed by atoms with Crippen molar-refractivity contribution in [1.82, 2.24) is 14.9 Å². The van der Waals surface area contributed by atoms with Gasteiger partial charge in [0.15, 0.2) is 9.84 Å². The van der Waals surface area contributed by atoms with E-state index in [4.69, 9.17) is 4.74 Å². The van der Waals surface area contributed by atoms with Crippen molar-refractivity contribution in [3.63, 3.8) is 0 Å². The van der Waals surface area contributed by atoms with Gasteiger partial charge in [-0.15, -0.1) is 0 Å². The average molecular weight is 341 g/mol. The Morgan fingerprint density at radius 2 is 2.04 bits per heavy atom. The summed E-state index contributed by atoms with van der Waals surface area (Å²) in [5, 5.41) is 6.46. The fourth-order valence-electron chi connectivity index (χ4n) is 2.82. The number of ether oxygens (including phenoxy) is 1. The lowest BCUT2D eigenvalue weighted by Crippen LogP contribution is -2.39. The predicted octanol–water partition coefficient (Wildman–Crippen LogP) is -0.180. The second-order valence-corrected chi connectivity index (χ2v) is 8.14. The van der Waals surface area contributed by atoms with Crippen LogP contribution in [0.4, 0.5) is 11.6 Å². The van der Waals surface area contributed by atoms with E-state index >= 15 is 0 Å². The van der Waals surface area contributed by atoms with E-state index in [0.717, 1.165) is 45.2 Å². The monoisotopic (exact) mass is 341 g/mol. The normalized spacial score (nSPS) is 24.4. The van der Waals surface area contributed by atoms with Crippen LogP contribution in [0.25, 0.3) is 0 Å². The third-order valence-electron chi connectivity index (χ3n) is 4.09. The maximum atomic E-state index is 11.5. The van der Waals surface area contributed by atoms with E-state index in [1.54, 1.807) is 0 Å². The van der Waals surface area contributed by atoms with Gasteiger partial charge in [0, 0.05) is 38.3 Å².